The van der Waals surface area contributed by atoms with Crippen molar-refractivity contribution in [3.05, 3.63) is 17.8 Å². The summed E-state index contributed by atoms with van der Waals surface area (Å²) in [6, 6.07) is 1.75. The molecule has 3 N–H and O–H groups in total. The molecule has 2 rings (SSSR count). The molecule has 0 bridgehead atoms. The standard InChI is InChI=1S/C12H19N5/c1-17(8-9-4-2-3-5-9)12-10(11(13)14)6-7-15-16-12/h6-7,9H,2-5,8H2,1H3,(H3,13,14). The van der Waals surface area contributed by atoms with Gasteiger partial charge in [0.1, 0.15) is 5.84 Å². The van der Waals surface area contributed by atoms with E-state index in [9.17, 15) is 0 Å². The first-order valence-corrected chi connectivity index (χ1v) is 6.05. The molecule has 0 amide bonds. The Bertz CT molecular complexity index is 398. The predicted molar refractivity (Wildman–Crippen MR) is 68.3 cm³/mol. The Kier molecular flexibility index (Phi) is 3.56. The number of amidine groups is 1. The third-order valence-electron chi connectivity index (χ3n) is 3.36. The molecule has 0 spiro atoms. The van der Waals surface area contributed by atoms with E-state index in [4.69, 9.17) is 11.1 Å². The van der Waals surface area contributed by atoms with Crippen molar-refractivity contribution in [3.63, 3.8) is 0 Å². The van der Waals surface area contributed by atoms with Crippen molar-refractivity contribution in [1.29, 1.82) is 5.41 Å². The fourth-order valence-corrected chi connectivity index (χ4v) is 2.48. The maximum absolute atomic E-state index is 7.54. The molecule has 1 aromatic rings. The number of aromatic nitrogens is 2. The van der Waals surface area contributed by atoms with Crippen molar-refractivity contribution in [2.45, 2.75) is 25.7 Å². The summed E-state index contributed by atoms with van der Waals surface area (Å²) in [5.74, 6) is 1.50. The van der Waals surface area contributed by atoms with Gasteiger partial charge < -0.3 is 10.6 Å². The molecule has 1 aliphatic rings. The van der Waals surface area contributed by atoms with Crippen LogP contribution in [0.5, 0.6) is 0 Å². The van der Waals surface area contributed by atoms with Crippen molar-refractivity contribution in [1.82, 2.24) is 10.2 Å². The van der Waals surface area contributed by atoms with Crippen molar-refractivity contribution < 1.29 is 0 Å². The summed E-state index contributed by atoms with van der Waals surface area (Å²) in [6.45, 7) is 0.971. The van der Waals surface area contributed by atoms with E-state index in [-0.39, 0.29) is 5.84 Å². The third-order valence-corrected chi connectivity index (χ3v) is 3.36. The highest BCUT2D eigenvalue weighted by Gasteiger charge is 2.19. The fraction of sp³-hybridized carbons (Fsp3) is 0.583. The third kappa shape index (κ3) is 2.72. The fourth-order valence-electron chi connectivity index (χ4n) is 2.48. The van der Waals surface area contributed by atoms with Crippen LogP contribution in [0.1, 0.15) is 31.2 Å². The van der Waals surface area contributed by atoms with E-state index in [2.05, 4.69) is 15.1 Å². The molecule has 5 nitrogen and oxygen atoms in total. The molecule has 0 atom stereocenters. The van der Waals surface area contributed by atoms with Gasteiger partial charge in [0.15, 0.2) is 5.82 Å². The van der Waals surface area contributed by atoms with Gasteiger partial charge in [-0.3, -0.25) is 5.41 Å². The summed E-state index contributed by atoms with van der Waals surface area (Å²) in [7, 11) is 1.99. The summed E-state index contributed by atoms with van der Waals surface area (Å²) < 4.78 is 0. The van der Waals surface area contributed by atoms with Crippen LogP contribution in [-0.2, 0) is 0 Å². The smallest absolute Gasteiger partial charge is 0.162 e. The Morgan fingerprint density at radius 3 is 2.88 bits per heavy atom. The minimum absolute atomic E-state index is 0.0492. The van der Waals surface area contributed by atoms with Crippen molar-refractivity contribution in [2.24, 2.45) is 11.7 Å². The van der Waals surface area contributed by atoms with Crippen LogP contribution in [0.15, 0.2) is 12.3 Å². The number of nitrogens with two attached hydrogens (primary N) is 1. The highest BCUT2D eigenvalue weighted by atomic mass is 15.2. The van der Waals surface area contributed by atoms with Gasteiger partial charge in [-0.1, -0.05) is 12.8 Å². The minimum Gasteiger partial charge on any atom is -0.384 e. The molecule has 1 fully saturated rings. The average molecular weight is 233 g/mol. The zero-order valence-corrected chi connectivity index (χ0v) is 10.2. The summed E-state index contributed by atoms with van der Waals surface area (Å²) in [5.41, 5.74) is 6.22. The lowest BCUT2D eigenvalue weighted by Crippen LogP contribution is -2.28. The van der Waals surface area contributed by atoms with Gasteiger partial charge in [0.2, 0.25) is 0 Å². The zero-order valence-electron chi connectivity index (χ0n) is 10.2. The van der Waals surface area contributed by atoms with Crippen LogP contribution >= 0.6 is 0 Å². The molecule has 5 heteroatoms. The van der Waals surface area contributed by atoms with Crippen molar-refractivity contribution >= 4 is 11.7 Å². The lowest BCUT2D eigenvalue weighted by atomic mass is 10.1. The van der Waals surface area contributed by atoms with Gasteiger partial charge in [-0.25, -0.2) is 0 Å². The Hall–Kier alpha value is -1.65. The number of nitrogens with zero attached hydrogens (tertiary/aromatic N) is 3. The van der Waals surface area contributed by atoms with E-state index in [0.29, 0.717) is 11.4 Å². The van der Waals surface area contributed by atoms with Crippen LogP contribution in [0.25, 0.3) is 0 Å². The first kappa shape index (κ1) is 11.8. The average Bonchev–Trinajstić information content (AvgIpc) is 2.81. The van der Waals surface area contributed by atoms with Gasteiger partial charge in [-0.2, -0.15) is 5.10 Å². The Balaban J connectivity index is 2.12. The van der Waals surface area contributed by atoms with Crippen LogP contribution in [-0.4, -0.2) is 29.6 Å². The van der Waals surface area contributed by atoms with Gasteiger partial charge >= 0.3 is 0 Å². The SMILES string of the molecule is CN(CC1CCCC1)c1nnccc1C(=N)N. The van der Waals surface area contributed by atoms with Crippen LogP contribution in [0.4, 0.5) is 5.82 Å². The molecule has 1 saturated carbocycles. The second-order valence-electron chi connectivity index (χ2n) is 4.71. The van der Waals surface area contributed by atoms with Crippen molar-refractivity contribution in [3.8, 4) is 0 Å². The van der Waals surface area contributed by atoms with Gasteiger partial charge in [0.25, 0.3) is 0 Å². The van der Waals surface area contributed by atoms with E-state index >= 15 is 0 Å². The number of anilines is 1. The van der Waals surface area contributed by atoms with Gasteiger partial charge in [0, 0.05) is 13.6 Å². The Labute approximate surface area is 102 Å². The van der Waals surface area contributed by atoms with Gasteiger partial charge in [-0.15, -0.1) is 5.10 Å². The molecular weight excluding hydrogens is 214 g/mol. The van der Waals surface area contributed by atoms with E-state index in [1.807, 2.05) is 7.05 Å². The maximum Gasteiger partial charge on any atom is 0.162 e. The van der Waals surface area contributed by atoms with Crippen LogP contribution in [0, 0.1) is 11.3 Å². The molecule has 92 valence electrons. The van der Waals surface area contributed by atoms with Crippen LogP contribution < -0.4 is 10.6 Å². The lowest BCUT2D eigenvalue weighted by molar-refractivity contribution is 0.544. The van der Waals surface area contributed by atoms with Gasteiger partial charge in [-0.05, 0) is 24.8 Å². The summed E-state index contributed by atoms with van der Waals surface area (Å²) >= 11 is 0. The van der Waals surface area contributed by atoms with E-state index in [1.54, 1.807) is 12.3 Å². The second kappa shape index (κ2) is 5.12. The number of hydrogen-bond donors (Lipinski definition) is 2. The molecule has 1 aromatic heterocycles. The number of nitrogens with one attached hydrogen (secondary N) is 1. The molecular formula is C12H19N5. The molecule has 0 saturated heterocycles. The van der Waals surface area contributed by atoms with Crippen LogP contribution in [0.2, 0.25) is 0 Å². The quantitative estimate of drug-likeness (QED) is 0.608. The van der Waals surface area contributed by atoms with Crippen LogP contribution in [0.3, 0.4) is 0 Å². The Morgan fingerprint density at radius 2 is 2.24 bits per heavy atom. The summed E-state index contributed by atoms with van der Waals surface area (Å²) in [4.78, 5) is 2.07. The number of nitrogen functional groups attached to an aromatic ring is 1. The molecule has 1 heterocycles. The highest BCUT2D eigenvalue weighted by Crippen LogP contribution is 2.26. The predicted octanol–water partition coefficient (Wildman–Crippen LogP) is 1.39. The molecule has 0 aromatic carbocycles. The van der Waals surface area contributed by atoms with E-state index in [1.165, 1.54) is 25.7 Å². The topological polar surface area (TPSA) is 78.9 Å². The number of rotatable bonds is 4. The largest absolute Gasteiger partial charge is 0.384 e. The molecule has 1 aliphatic carbocycles. The zero-order chi connectivity index (χ0) is 12.3. The first-order valence-electron chi connectivity index (χ1n) is 6.05. The van der Waals surface area contributed by atoms with Crippen molar-refractivity contribution in [2.75, 3.05) is 18.5 Å². The minimum atomic E-state index is 0.0492. The Morgan fingerprint density at radius 1 is 1.53 bits per heavy atom. The first-order chi connectivity index (χ1) is 8.18. The normalized spacial score (nSPS) is 16.1. The molecule has 0 aliphatic heterocycles. The molecule has 0 radical (unpaired) electrons. The number of hydrogen-bond acceptors (Lipinski definition) is 4. The monoisotopic (exact) mass is 233 g/mol. The molecule has 0 unspecified atom stereocenters. The van der Waals surface area contributed by atoms with E-state index in [0.717, 1.165) is 12.5 Å². The van der Waals surface area contributed by atoms with Gasteiger partial charge in [0.05, 0.1) is 11.8 Å². The molecule has 17 heavy (non-hydrogen) atoms. The highest BCUT2D eigenvalue weighted by molar-refractivity contribution is 5.99. The summed E-state index contributed by atoms with van der Waals surface area (Å²) in [5, 5.41) is 15.5. The second-order valence-corrected chi connectivity index (χ2v) is 4.71. The summed E-state index contributed by atoms with van der Waals surface area (Å²) in [6.07, 6.45) is 6.82. The maximum atomic E-state index is 7.54. The van der Waals surface area contributed by atoms with E-state index < -0.39 is 0 Å². The lowest BCUT2D eigenvalue weighted by Gasteiger charge is -2.23.